The number of piperidine rings is 1. The molecule has 3 aliphatic rings. The Kier molecular flexibility index (Phi) is 6.48. The van der Waals surface area contributed by atoms with Gasteiger partial charge in [0.1, 0.15) is 21.9 Å². The quantitative estimate of drug-likeness (QED) is 0.444. The second-order valence-corrected chi connectivity index (χ2v) is 11.8. The normalized spacial score (nSPS) is 21.6. The first-order chi connectivity index (χ1) is 18.8. The number of pyridine rings is 1. The van der Waals surface area contributed by atoms with Gasteiger partial charge in [-0.05, 0) is 66.5 Å². The minimum atomic E-state index is -3.92. The summed E-state index contributed by atoms with van der Waals surface area (Å²) in [6, 6.07) is 9.27. The smallest absolute Gasteiger partial charge is 0.317 e. The zero-order valence-electron chi connectivity index (χ0n) is 21.4. The highest BCUT2D eigenvalue weighted by atomic mass is 32.2. The van der Waals surface area contributed by atoms with Crippen molar-refractivity contribution >= 4 is 27.9 Å². The van der Waals surface area contributed by atoms with E-state index in [1.807, 2.05) is 6.08 Å². The third-order valence-electron chi connectivity index (χ3n) is 7.72. The van der Waals surface area contributed by atoms with Crippen LogP contribution in [0.2, 0.25) is 0 Å². The van der Waals surface area contributed by atoms with Gasteiger partial charge in [0.2, 0.25) is 10.0 Å². The lowest BCUT2D eigenvalue weighted by Crippen LogP contribution is -2.53. The lowest BCUT2D eigenvalue weighted by atomic mass is 9.69. The van der Waals surface area contributed by atoms with Crippen molar-refractivity contribution in [2.45, 2.75) is 17.7 Å². The van der Waals surface area contributed by atoms with Gasteiger partial charge in [0, 0.05) is 32.4 Å². The van der Waals surface area contributed by atoms with Gasteiger partial charge in [-0.3, -0.25) is 4.79 Å². The number of benzene rings is 1. The van der Waals surface area contributed by atoms with Gasteiger partial charge in [-0.1, -0.05) is 0 Å². The minimum absolute atomic E-state index is 0.0553. The molecule has 6 rings (SSSR count). The largest absolute Gasteiger partial charge is 0.468 e. The standard InChI is InChI=1S/C27H28FN5O5S/c1-37-26(34)27-15-19-16-30-33(22-4-2-21(28)3-5-22)24(19)14-20(27)8-9-32(18-27)39(35,36)23-6-7-25(29-17-23)31-10-12-38-13-11-31/h2-7,14,16-17H,8-13,15,18H2,1H3/t27-/m0/s1. The number of ether oxygens (including phenoxy) is 2. The van der Waals surface area contributed by atoms with Crippen molar-refractivity contribution < 1.29 is 27.1 Å². The van der Waals surface area contributed by atoms with Crippen molar-refractivity contribution in [3.63, 3.8) is 0 Å². The number of rotatable bonds is 5. The van der Waals surface area contributed by atoms with Crippen molar-refractivity contribution in [1.82, 2.24) is 19.1 Å². The van der Waals surface area contributed by atoms with E-state index in [0.29, 0.717) is 44.2 Å². The molecule has 0 radical (unpaired) electrons. The Bertz CT molecular complexity index is 1530. The van der Waals surface area contributed by atoms with Gasteiger partial charge in [-0.25, -0.2) is 22.5 Å². The molecule has 204 valence electrons. The predicted octanol–water partition coefficient (Wildman–Crippen LogP) is 2.44. The van der Waals surface area contributed by atoms with Gasteiger partial charge in [-0.2, -0.15) is 9.40 Å². The number of methoxy groups -OCH3 is 1. The van der Waals surface area contributed by atoms with Crippen molar-refractivity contribution in [2.75, 3.05) is 51.4 Å². The Hall–Kier alpha value is -3.61. The van der Waals surface area contributed by atoms with Crippen LogP contribution in [0.5, 0.6) is 0 Å². The summed E-state index contributed by atoms with van der Waals surface area (Å²) in [5.41, 5.74) is 1.87. The molecule has 1 aromatic carbocycles. The Morgan fingerprint density at radius 3 is 2.54 bits per heavy atom. The van der Waals surface area contributed by atoms with Gasteiger partial charge in [0.15, 0.2) is 0 Å². The average molecular weight is 554 g/mol. The highest BCUT2D eigenvalue weighted by molar-refractivity contribution is 7.89. The number of nitrogens with zero attached hydrogens (tertiary/aromatic N) is 5. The Balaban J connectivity index is 1.30. The van der Waals surface area contributed by atoms with Crippen LogP contribution in [-0.2, 0) is 30.7 Å². The first kappa shape index (κ1) is 25.7. The van der Waals surface area contributed by atoms with Gasteiger partial charge >= 0.3 is 5.97 Å². The van der Waals surface area contributed by atoms with Crippen LogP contribution in [-0.4, -0.2) is 80.0 Å². The predicted molar refractivity (Wildman–Crippen MR) is 140 cm³/mol. The number of morpholine rings is 1. The zero-order chi connectivity index (χ0) is 27.2. The van der Waals surface area contributed by atoms with Crippen LogP contribution in [0.25, 0.3) is 11.8 Å². The highest BCUT2D eigenvalue weighted by Crippen LogP contribution is 2.46. The second kappa shape index (κ2) is 9.85. The van der Waals surface area contributed by atoms with E-state index >= 15 is 0 Å². The molecule has 2 aromatic heterocycles. The number of sulfonamides is 1. The van der Waals surface area contributed by atoms with Crippen LogP contribution >= 0.6 is 0 Å². The van der Waals surface area contributed by atoms with E-state index in [2.05, 4.69) is 15.0 Å². The molecule has 3 aromatic rings. The fourth-order valence-corrected chi connectivity index (χ4v) is 7.07. The summed E-state index contributed by atoms with van der Waals surface area (Å²) in [7, 11) is -2.61. The van der Waals surface area contributed by atoms with Gasteiger partial charge in [0.05, 0.1) is 37.9 Å². The molecule has 12 heteroatoms. The van der Waals surface area contributed by atoms with Gasteiger partial charge < -0.3 is 14.4 Å². The van der Waals surface area contributed by atoms with Crippen molar-refractivity contribution in [2.24, 2.45) is 5.41 Å². The Morgan fingerprint density at radius 2 is 1.85 bits per heavy atom. The van der Waals surface area contributed by atoms with E-state index in [9.17, 15) is 17.6 Å². The van der Waals surface area contributed by atoms with E-state index in [4.69, 9.17) is 9.47 Å². The van der Waals surface area contributed by atoms with Crippen LogP contribution < -0.4 is 4.90 Å². The lowest BCUT2D eigenvalue weighted by Gasteiger charge is -2.43. The molecule has 2 saturated heterocycles. The van der Waals surface area contributed by atoms with E-state index < -0.39 is 21.4 Å². The summed E-state index contributed by atoms with van der Waals surface area (Å²) in [6.45, 7) is 2.75. The molecule has 1 atom stereocenters. The molecular formula is C27H28FN5O5S. The maximum Gasteiger partial charge on any atom is 0.317 e. The number of hydrogen-bond acceptors (Lipinski definition) is 8. The average Bonchev–Trinajstić information content (AvgIpc) is 3.38. The molecule has 1 aliphatic carbocycles. The highest BCUT2D eigenvalue weighted by Gasteiger charge is 2.51. The van der Waals surface area contributed by atoms with E-state index in [-0.39, 0.29) is 30.2 Å². The van der Waals surface area contributed by atoms with Crippen molar-refractivity contribution in [1.29, 1.82) is 0 Å². The molecule has 10 nitrogen and oxygen atoms in total. The van der Waals surface area contributed by atoms with Crippen molar-refractivity contribution in [3.05, 3.63) is 71.4 Å². The maximum atomic E-state index is 13.7. The number of carbonyl (C=O) groups is 1. The third kappa shape index (κ3) is 4.42. The number of carbonyl (C=O) groups excluding carboxylic acids is 1. The minimum Gasteiger partial charge on any atom is -0.468 e. The number of hydrogen-bond donors (Lipinski definition) is 0. The fourth-order valence-electron chi connectivity index (χ4n) is 5.63. The molecule has 0 saturated carbocycles. The SMILES string of the molecule is COC(=O)[C@]12Cc3cnn(-c4ccc(F)cc4)c3C=C1CCN(S(=O)(=O)c1ccc(N3CCOCC3)nc1)C2. The second-order valence-electron chi connectivity index (χ2n) is 9.90. The van der Waals surface area contributed by atoms with Crippen molar-refractivity contribution in [3.8, 4) is 5.69 Å². The topological polar surface area (TPSA) is 107 Å². The summed E-state index contributed by atoms with van der Waals surface area (Å²) in [4.78, 5) is 19.8. The molecule has 0 bridgehead atoms. The van der Waals surface area contributed by atoms with E-state index in [1.54, 1.807) is 35.1 Å². The third-order valence-corrected chi connectivity index (χ3v) is 9.55. The molecular weight excluding hydrogens is 525 g/mol. The summed E-state index contributed by atoms with van der Waals surface area (Å²) >= 11 is 0. The van der Waals surface area contributed by atoms with Crippen LogP contribution in [0, 0.1) is 11.2 Å². The molecule has 0 unspecified atom stereocenters. The Labute approximate surface area is 225 Å². The monoisotopic (exact) mass is 553 g/mol. The van der Waals surface area contributed by atoms with E-state index in [0.717, 1.165) is 16.8 Å². The molecule has 0 N–H and O–H groups in total. The van der Waals surface area contributed by atoms with Crippen LogP contribution in [0.4, 0.5) is 10.2 Å². The molecule has 2 aliphatic heterocycles. The molecule has 0 spiro atoms. The summed E-state index contributed by atoms with van der Waals surface area (Å²) in [5.74, 6) is -0.137. The molecule has 4 heterocycles. The molecule has 2 fully saturated rings. The van der Waals surface area contributed by atoms with E-state index in [1.165, 1.54) is 29.7 Å². The summed E-state index contributed by atoms with van der Waals surface area (Å²) in [6.07, 6.45) is 5.53. The first-order valence-corrected chi connectivity index (χ1v) is 14.2. The molecule has 39 heavy (non-hydrogen) atoms. The number of anilines is 1. The van der Waals surface area contributed by atoms with Crippen LogP contribution in [0.3, 0.4) is 0 Å². The maximum absolute atomic E-state index is 13.7. The molecule has 0 amide bonds. The summed E-state index contributed by atoms with van der Waals surface area (Å²) < 4.78 is 54.5. The first-order valence-electron chi connectivity index (χ1n) is 12.7. The summed E-state index contributed by atoms with van der Waals surface area (Å²) in [5, 5.41) is 4.48. The zero-order valence-corrected chi connectivity index (χ0v) is 22.2. The number of halogens is 1. The van der Waals surface area contributed by atoms with Crippen LogP contribution in [0.1, 0.15) is 17.7 Å². The van der Waals surface area contributed by atoms with Gasteiger partial charge in [0.25, 0.3) is 0 Å². The number of esters is 1. The van der Waals surface area contributed by atoms with Gasteiger partial charge in [-0.15, -0.1) is 0 Å². The van der Waals surface area contributed by atoms with Crippen LogP contribution in [0.15, 0.2) is 59.3 Å². The number of fused-ring (bicyclic) bond motifs is 2. The number of aromatic nitrogens is 3. The lowest BCUT2D eigenvalue weighted by molar-refractivity contribution is -0.151. The fraction of sp³-hybridized carbons (Fsp3) is 0.370. The Morgan fingerprint density at radius 1 is 1.08 bits per heavy atom.